The number of aromatic nitrogens is 4. The van der Waals surface area contributed by atoms with Gasteiger partial charge in [0.2, 0.25) is 0 Å². The summed E-state index contributed by atoms with van der Waals surface area (Å²) in [5.74, 6) is 1.01. The first kappa shape index (κ1) is 9.60. The molecule has 3 heterocycles. The molecule has 0 saturated carbocycles. The molecule has 0 atom stereocenters. The number of aromatic amines is 1. The van der Waals surface area contributed by atoms with Crippen LogP contribution in [0.25, 0.3) is 11.2 Å². The summed E-state index contributed by atoms with van der Waals surface area (Å²) < 4.78 is 6.37. The second-order valence-electron chi connectivity index (χ2n) is 3.19. The molecule has 1 radical (unpaired) electrons. The molecule has 5 nitrogen and oxygen atoms in total. The molecule has 0 amide bonds. The number of nitrogens with one attached hydrogen (secondary N) is 1. The molecule has 3 rings (SSSR count). The zero-order chi connectivity index (χ0) is 10.8. The van der Waals surface area contributed by atoms with Crippen LogP contribution in [0.4, 0.5) is 0 Å². The predicted octanol–water partition coefficient (Wildman–Crippen LogP) is 0.476. The number of imidazole rings is 1. The van der Waals surface area contributed by atoms with Crippen LogP contribution in [0, 0.1) is 0 Å². The van der Waals surface area contributed by atoms with Crippen molar-refractivity contribution in [2.75, 3.05) is 0 Å². The molecule has 0 unspecified atom stereocenters. The van der Waals surface area contributed by atoms with E-state index in [0.717, 1.165) is 26.6 Å². The fourth-order valence-electron chi connectivity index (χ4n) is 1.43. The molecular formula is C10H8AsN4O. The van der Waals surface area contributed by atoms with E-state index in [1.165, 1.54) is 0 Å². The summed E-state index contributed by atoms with van der Waals surface area (Å²) in [7, 11) is 0. The Morgan fingerprint density at radius 2 is 2.31 bits per heavy atom. The van der Waals surface area contributed by atoms with Gasteiger partial charge in [0, 0.05) is 0 Å². The van der Waals surface area contributed by atoms with E-state index >= 15 is 0 Å². The molecule has 0 fully saturated rings. The molecule has 0 aromatic carbocycles. The quantitative estimate of drug-likeness (QED) is 0.706. The third-order valence-electron chi connectivity index (χ3n) is 2.17. The number of furan rings is 1. The number of rotatable bonds is 3. The summed E-state index contributed by atoms with van der Waals surface area (Å²) in [5, 5.41) is 0.925. The first-order valence-corrected chi connectivity index (χ1v) is 7.04. The summed E-state index contributed by atoms with van der Waals surface area (Å²) in [6.45, 7) is 0. The van der Waals surface area contributed by atoms with Gasteiger partial charge in [-0.25, -0.2) is 0 Å². The van der Waals surface area contributed by atoms with Crippen molar-refractivity contribution in [2.24, 2.45) is 0 Å². The van der Waals surface area contributed by atoms with Gasteiger partial charge < -0.3 is 0 Å². The van der Waals surface area contributed by atoms with Crippen LogP contribution in [0.15, 0.2) is 35.5 Å². The van der Waals surface area contributed by atoms with Crippen LogP contribution in [0.2, 0.25) is 0 Å². The Labute approximate surface area is 98.0 Å². The Bertz CT molecular complexity index is 590. The van der Waals surface area contributed by atoms with E-state index in [9.17, 15) is 0 Å². The minimum absolute atomic E-state index is 0.0655. The molecule has 1 N–H and O–H groups in total. The fourth-order valence-corrected chi connectivity index (χ4v) is 3.40. The number of hydrogen-bond acceptors (Lipinski definition) is 4. The van der Waals surface area contributed by atoms with Crippen LogP contribution in [-0.2, 0) is 5.21 Å². The Kier molecular flexibility index (Phi) is 2.46. The Morgan fingerprint density at radius 3 is 3.19 bits per heavy atom. The molecule has 3 aromatic rings. The van der Waals surface area contributed by atoms with E-state index in [1.54, 1.807) is 18.9 Å². The average Bonchev–Trinajstić information content (AvgIpc) is 2.97. The molecule has 0 aliphatic heterocycles. The van der Waals surface area contributed by atoms with Gasteiger partial charge in [-0.3, -0.25) is 0 Å². The Hall–Kier alpha value is -1.61. The van der Waals surface area contributed by atoms with Gasteiger partial charge in [0.1, 0.15) is 0 Å². The van der Waals surface area contributed by atoms with E-state index in [-0.39, 0.29) is 15.8 Å². The standard InChI is InChI=1S/C10H8AsN4O/c1-2-7(16-3-1)4-11-9-8-10(14-5-12-8)15-6-13-9/h1-3,5-6H,4H2,(H,12,13,14,15). The van der Waals surface area contributed by atoms with Crippen LogP contribution in [0.1, 0.15) is 5.76 Å². The first-order chi connectivity index (χ1) is 7.93. The van der Waals surface area contributed by atoms with Crippen molar-refractivity contribution in [3.8, 4) is 0 Å². The number of hydrogen-bond donors (Lipinski definition) is 1. The SMILES string of the molecule is c1coc(C[As]c2ncnc3nc[nH]c23)c1. The molecule has 0 spiro atoms. The van der Waals surface area contributed by atoms with Gasteiger partial charge in [-0.05, 0) is 0 Å². The molecular weight excluding hydrogens is 267 g/mol. The monoisotopic (exact) mass is 275 g/mol. The van der Waals surface area contributed by atoms with Crippen molar-refractivity contribution in [2.45, 2.75) is 5.21 Å². The number of H-pyrrole nitrogens is 1. The second kappa shape index (κ2) is 4.10. The van der Waals surface area contributed by atoms with Crippen molar-refractivity contribution in [1.29, 1.82) is 0 Å². The number of fused-ring (bicyclic) bond motifs is 1. The topological polar surface area (TPSA) is 67.6 Å². The van der Waals surface area contributed by atoms with Crippen LogP contribution in [-0.4, -0.2) is 35.7 Å². The van der Waals surface area contributed by atoms with Gasteiger partial charge in [0.15, 0.2) is 0 Å². The maximum absolute atomic E-state index is 5.30. The summed E-state index contributed by atoms with van der Waals surface area (Å²) in [4.78, 5) is 15.6. The van der Waals surface area contributed by atoms with Gasteiger partial charge in [-0.2, -0.15) is 0 Å². The summed E-state index contributed by atoms with van der Waals surface area (Å²) in [5.41, 5.74) is 1.69. The molecule has 0 bridgehead atoms. The summed E-state index contributed by atoms with van der Waals surface area (Å²) >= 11 is -0.0655. The maximum atomic E-state index is 5.30. The second-order valence-corrected chi connectivity index (χ2v) is 5.41. The third kappa shape index (κ3) is 1.74. The number of nitrogens with zero attached hydrogens (tertiary/aromatic N) is 3. The summed E-state index contributed by atoms with van der Waals surface area (Å²) in [6.07, 6.45) is 4.91. The van der Waals surface area contributed by atoms with Crippen LogP contribution in [0.3, 0.4) is 0 Å². The van der Waals surface area contributed by atoms with Crippen LogP contribution < -0.4 is 4.48 Å². The molecule has 79 valence electrons. The predicted molar refractivity (Wildman–Crippen MR) is 59.5 cm³/mol. The van der Waals surface area contributed by atoms with Crippen LogP contribution >= 0.6 is 0 Å². The zero-order valence-electron chi connectivity index (χ0n) is 8.29. The Morgan fingerprint density at radius 1 is 1.31 bits per heavy atom. The van der Waals surface area contributed by atoms with Crippen molar-refractivity contribution >= 4 is 31.4 Å². The van der Waals surface area contributed by atoms with Gasteiger partial charge in [0.05, 0.1) is 0 Å². The van der Waals surface area contributed by atoms with E-state index in [0.29, 0.717) is 0 Å². The molecule has 3 aromatic heterocycles. The third-order valence-corrected chi connectivity index (χ3v) is 4.49. The Balaban J connectivity index is 1.86. The fraction of sp³-hybridized carbons (Fsp3) is 0.100. The summed E-state index contributed by atoms with van der Waals surface area (Å²) in [6, 6.07) is 3.89. The molecule has 0 saturated heterocycles. The van der Waals surface area contributed by atoms with Gasteiger partial charge >= 0.3 is 97.8 Å². The molecule has 6 heteroatoms. The van der Waals surface area contributed by atoms with Crippen molar-refractivity contribution < 1.29 is 4.42 Å². The van der Waals surface area contributed by atoms with Gasteiger partial charge in [-0.15, -0.1) is 0 Å². The zero-order valence-corrected chi connectivity index (χ0v) is 10.2. The first-order valence-electron chi connectivity index (χ1n) is 4.77. The van der Waals surface area contributed by atoms with E-state index < -0.39 is 0 Å². The van der Waals surface area contributed by atoms with Gasteiger partial charge in [-0.1, -0.05) is 0 Å². The molecule has 16 heavy (non-hydrogen) atoms. The minimum atomic E-state index is -0.0655. The van der Waals surface area contributed by atoms with Crippen LogP contribution in [0.5, 0.6) is 0 Å². The van der Waals surface area contributed by atoms with E-state index in [2.05, 4.69) is 19.9 Å². The van der Waals surface area contributed by atoms with E-state index in [1.807, 2.05) is 12.1 Å². The average molecular weight is 275 g/mol. The molecule has 0 aliphatic carbocycles. The van der Waals surface area contributed by atoms with Crippen molar-refractivity contribution in [3.05, 3.63) is 36.8 Å². The molecule has 0 aliphatic rings. The normalized spacial score (nSPS) is 11.8. The van der Waals surface area contributed by atoms with Crippen molar-refractivity contribution in [1.82, 2.24) is 19.9 Å². The van der Waals surface area contributed by atoms with E-state index in [4.69, 9.17) is 4.42 Å². The van der Waals surface area contributed by atoms with Gasteiger partial charge in [0.25, 0.3) is 0 Å². The van der Waals surface area contributed by atoms with Crippen molar-refractivity contribution in [3.63, 3.8) is 0 Å².